The second-order valence-corrected chi connectivity index (χ2v) is 8.31. The molecule has 7 heteroatoms. The fraction of sp³-hybridized carbons (Fsp3) is 0.524. The maximum atomic E-state index is 5.63. The predicted octanol–water partition coefficient (Wildman–Crippen LogP) is 3.00. The highest BCUT2D eigenvalue weighted by atomic mass is 32.1. The van der Waals surface area contributed by atoms with Gasteiger partial charge in [0.15, 0.2) is 5.96 Å². The van der Waals surface area contributed by atoms with Crippen LogP contribution in [0.1, 0.15) is 34.3 Å². The molecule has 1 atom stereocenters. The van der Waals surface area contributed by atoms with Crippen LogP contribution in [0.5, 0.6) is 5.75 Å². The average Bonchev–Trinajstić information content (AvgIpc) is 3.39. The molecule has 3 rings (SSSR count). The molecule has 1 aromatic heterocycles. The molecule has 2 N–H and O–H groups in total. The Labute approximate surface area is 172 Å². The van der Waals surface area contributed by atoms with E-state index < -0.39 is 0 Å². The summed E-state index contributed by atoms with van der Waals surface area (Å²) in [6.45, 7) is 5.94. The number of rotatable bonds is 8. The molecular formula is C21H31N5OS. The van der Waals surface area contributed by atoms with Crippen molar-refractivity contribution in [3.63, 3.8) is 0 Å². The summed E-state index contributed by atoms with van der Waals surface area (Å²) in [5.74, 6) is 1.77. The summed E-state index contributed by atoms with van der Waals surface area (Å²) in [7, 11) is 3.56. The predicted molar refractivity (Wildman–Crippen MR) is 116 cm³/mol. The Morgan fingerprint density at radius 3 is 2.75 bits per heavy atom. The van der Waals surface area contributed by atoms with Crippen LogP contribution < -0.4 is 15.4 Å². The quantitative estimate of drug-likeness (QED) is 0.526. The molecule has 1 aliphatic rings. The minimum absolute atomic E-state index is 0.263. The van der Waals surface area contributed by atoms with Crippen LogP contribution in [0.3, 0.4) is 0 Å². The Morgan fingerprint density at radius 1 is 1.29 bits per heavy atom. The number of nitrogens with zero attached hydrogens (tertiary/aromatic N) is 3. The van der Waals surface area contributed by atoms with Gasteiger partial charge in [0.05, 0.1) is 18.2 Å². The fourth-order valence-electron chi connectivity index (χ4n) is 3.65. The number of guanidine groups is 1. The number of aliphatic imine (C=N–C) groups is 1. The number of benzene rings is 1. The first-order chi connectivity index (χ1) is 13.7. The van der Waals surface area contributed by atoms with Gasteiger partial charge in [0, 0.05) is 43.2 Å². The maximum absolute atomic E-state index is 5.63. The average molecular weight is 402 g/mol. The number of hydrogen-bond donors (Lipinski definition) is 2. The first-order valence-corrected chi connectivity index (χ1v) is 10.8. The molecular weight excluding hydrogens is 370 g/mol. The zero-order valence-corrected chi connectivity index (χ0v) is 17.9. The van der Waals surface area contributed by atoms with Crippen LogP contribution in [-0.4, -0.2) is 56.2 Å². The van der Waals surface area contributed by atoms with Crippen molar-refractivity contribution >= 4 is 17.3 Å². The van der Waals surface area contributed by atoms with Gasteiger partial charge in [-0.15, -0.1) is 11.3 Å². The molecule has 0 radical (unpaired) electrons. The third kappa shape index (κ3) is 5.45. The fourth-order valence-corrected chi connectivity index (χ4v) is 4.44. The summed E-state index contributed by atoms with van der Waals surface area (Å²) in [4.78, 5) is 12.6. The Hall–Kier alpha value is -2.12. The van der Waals surface area contributed by atoms with Crippen LogP contribution in [0.2, 0.25) is 0 Å². The largest absolute Gasteiger partial charge is 0.496 e. The number of aromatic nitrogens is 1. The van der Waals surface area contributed by atoms with Gasteiger partial charge in [-0.3, -0.25) is 9.89 Å². The van der Waals surface area contributed by atoms with Crippen LogP contribution in [0.25, 0.3) is 0 Å². The maximum Gasteiger partial charge on any atom is 0.191 e. The number of thiazole rings is 1. The van der Waals surface area contributed by atoms with Crippen molar-refractivity contribution in [2.24, 2.45) is 4.99 Å². The molecule has 1 fully saturated rings. The van der Waals surface area contributed by atoms with E-state index in [0.717, 1.165) is 49.3 Å². The van der Waals surface area contributed by atoms with Crippen molar-refractivity contribution in [2.45, 2.75) is 32.2 Å². The molecule has 0 aliphatic carbocycles. The summed E-state index contributed by atoms with van der Waals surface area (Å²) < 4.78 is 5.63. The molecule has 0 amide bonds. The van der Waals surface area contributed by atoms with E-state index in [1.165, 1.54) is 23.3 Å². The van der Waals surface area contributed by atoms with E-state index in [9.17, 15) is 0 Å². The molecule has 152 valence electrons. The molecule has 1 unspecified atom stereocenters. The third-order valence-corrected chi connectivity index (χ3v) is 6.04. The first-order valence-electron chi connectivity index (χ1n) is 9.94. The molecule has 0 spiro atoms. The van der Waals surface area contributed by atoms with Gasteiger partial charge < -0.3 is 15.4 Å². The van der Waals surface area contributed by atoms with E-state index in [1.807, 2.05) is 25.4 Å². The van der Waals surface area contributed by atoms with Crippen LogP contribution in [0, 0.1) is 6.92 Å². The number of hydrogen-bond acceptors (Lipinski definition) is 5. The summed E-state index contributed by atoms with van der Waals surface area (Å²) in [6.07, 6.45) is 5.35. The molecule has 0 bridgehead atoms. The molecule has 1 aliphatic heterocycles. The topological polar surface area (TPSA) is 61.8 Å². The van der Waals surface area contributed by atoms with E-state index in [0.29, 0.717) is 0 Å². The standard InChI is InChI=1S/C21H31N5OS/c1-16-14-24-20(28-16)10-11-23-21(22-2)25-15-18(26-12-6-7-13-26)17-8-4-5-9-19(17)27-3/h4-5,8-9,14,18H,6-7,10-13,15H2,1-3H3,(H2,22,23,25). The monoisotopic (exact) mass is 401 g/mol. The highest BCUT2D eigenvalue weighted by Gasteiger charge is 2.26. The van der Waals surface area contributed by atoms with Crippen LogP contribution in [-0.2, 0) is 6.42 Å². The van der Waals surface area contributed by atoms with Gasteiger partial charge in [-0.05, 0) is 38.9 Å². The lowest BCUT2D eigenvalue weighted by Gasteiger charge is -2.30. The minimum Gasteiger partial charge on any atom is -0.496 e. The van der Waals surface area contributed by atoms with Gasteiger partial charge in [-0.2, -0.15) is 0 Å². The lowest BCUT2D eigenvalue weighted by atomic mass is 10.0. The Bertz CT molecular complexity index is 770. The van der Waals surface area contributed by atoms with Gasteiger partial charge in [0.25, 0.3) is 0 Å². The van der Waals surface area contributed by atoms with E-state index in [4.69, 9.17) is 4.74 Å². The van der Waals surface area contributed by atoms with E-state index >= 15 is 0 Å². The first kappa shape index (κ1) is 20.6. The molecule has 6 nitrogen and oxygen atoms in total. The lowest BCUT2D eigenvalue weighted by Crippen LogP contribution is -2.43. The smallest absolute Gasteiger partial charge is 0.191 e. The minimum atomic E-state index is 0.263. The molecule has 2 heterocycles. The summed E-state index contributed by atoms with van der Waals surface area (Å²) in [6, 6.07) is 8.59. The zero-order valence-electron chi connectivity index (χ0n) is 17.1. The van der Waals surface area contributed by atoms with Gasteiger partial charge in [0.1, 0.15) is 5.75 Å². The van der Waals surface area contributed by atoms with Gasteiger partial charge in [-0.1, -0.05) is 18.2 Å². The highest BCUT2D eigenvalue weighted by Crippen LogP contribution is 2.31. The zero-order chi connectivity index (χ0) is 19.8. The Balaban J connectivity index is 1.60. The Morgan fingerprint density at radius 2 is 2.07 bits per heavy atom. The van der Waals surface area contributed by atoms with Crippen molar-refractivity contribution in [1.29, 1.82) is 0 Å². The second kappa shape index (κ2) is 10.4. The van der Waals surface area contributed by atoms with Crippen LogP contribution in [0.15, 0.2) is 35.5 Å². The van der Waals surface area contributed by atoms with Gasteiger partial charge in [-0.25, -0.2) is 4.98 Å². The van der Waals surface area contributed by atoms with E-state index in [1.54, 1.807) is 18.4 Å². The van der Waals surface area contributed by atoms with Gasteiger partial charge >= 0.3 is 0 Å². The van der Waals surface area contributed by atoms with Crippen LogP contribution >= 0.6 is 11.3 Å². The van der Waals surface area contributed by atoms with E-state index in [2.05, 4.69) is 44.6 Å². The lowest BCUT2D eigenvalue weighted by molar-refractivity contribution is 0.239. The van der Waals surface area contributed by atoms with Crippen molar-refractivity contribution in [3.05, 3.63) is 45.9 Å². The molecule has 1 aromatic carbocycles. The third-order valence-electron chi connectivity index (χ3n) is 5.07. The number of para-hydroxylation sites is 1. The second-order valence-electron chi connectivity index (χ2n) is 7.00. The number of methoxy groups -OCH3 is 1. The molecule has 2 aromatic rings. The van der Waals surface area contributed by atoms with Gasteiger partial charge in [0.2, 0.25) is 0 Å². The molecule has 28 heavy (non-hydrogen) atoms. The number of nitrogens with one attached hydrogen (secondary N) is 2. The molecule has 1 saturated heterocycles. The normalized spacial score (nSPS) is 16.2. The summed E-state index contributed by atoms with van der Waals surface area (Å²) in [5.41, 5.74) is 1.23. The summed E-state index contributed by atoms with van der Waals surface area (Å²) >= 11 is 1.75. The van der Waals surface area contributed by atoms with Crippen molar-refractivity contribution < 1.29 is 4.74 Å². The SMILES string of the molecule is CN=C(NCCc1ncc(C)s1)NCC(c1ccccc1OC)N1CCCC1. The summed E-state index contributed by atoms with van der Waals surface area (Å²) in [5, 5.41) is 8.08. The number of aryl methyl sites for hydroxylation is 1. The van der Waals surface area contributed by atoms with Crippen LogP contribution in [0.4, 0.5) is 0 Å². The Kier molecular flexibility index (Phi) is 7.68. The molecule has 0 saturated carbocycles. The highest BCUT2D eigenvalue weighted by molar-refractivity contribution is 7.11. The van der Waals surface area contributed by atoms with Crippen molar-refractivity contribution in [2.75, 3.05) is 40.3 Å². The van der Waals surface area contributed by atoms with Crippen molar-refractivity contribution in [3.8, 4) is 5.75 Å². The number of likely N-dealkylation sites (tertiary alicyclic amines) is 1. The number of ether oxygens (including phenoxy) is 1. The van der Waals surface area contributed by atoms with Crippen molar-refractivity contribution in [1.82, 2.24) is 20.5 Å². The van der Waals surface area contributed by atoms with E-state index in [-0.39, 0.29) is 6.04 Å².